The van der Waals surface area contributed by atoms with Crippen LogP contribution in [0.5, 0.6) is 5.75 Å². The Hall–Kier alpha value is -1.21. The van der Waals surface area contributed by atoms with Gasteiger partial charge in [-0.15, -0.1) is 0 Å². The van der Waals surface area contributed by atoms with E-state index in [1.54, 1.807) is 0 Å². The highest BCUT2D eigenvalue weighted by atomic mass is 32.2. The van der Waals surface area contributed by atoms with Crippen molar-refractivity contribution in [2.75, 3.05) is 0 Å². The number of nitrogens with two attached hydrogens (primary N) is 1. The van der Waals surface area contributed by atoms with Crippen LogP contribution in [0.2, 0.25) is 0 Å². The van der Waals surface area contributed by atoms with Gasteiger partial charge in [-0.25, -0.2) is 8.42 Å². The van der Waals surface area contributed by atoms with Crippen molar-refractivity contribution in [2.45, 2.75) is 48.5 Å². The van der Waals surface area contributed by atoms with E-state index in [0.717, 1.165) is 37.8 Å². The summed E-state index contributed by atoms with van der Waals surface area (Å²) in [5.41, 5.74) is 5.85. The van der Waals surface area contributed by atoms with Gasteiger partial charge < -0.3 is 10.5 Å². The Morgan fingerprint density at radius 2 is 1.85 bits per heavy atom. The number of rotatable bonds is 4. The SMILES string of the molecule is NC1CCCC(Oc2ccc(S(=O)(=O)C(F)F)cc2)C1. The minimum Gasteiger partial charge on any atom is -0.490 e. The number of sulfone groups is 1. The molecule has 0 amide bonds. The smallest absolute Gasteiger partial charge is 0.341 e. The summed E-state index contributed by atoms with van der Waals surface area (Å²) in [5, 5.41) is 0. The lowest BCUT2D eigenvalue weighted by Crippen LogP contribution is -2.33. The fourth-order valence-corrected chi connectivity index (χ4v) is 3.01. The molecule has 0 saturated heterocycles. The third kappa shape index (κ3) is 3.46. The summed E-state index contributed by atoms with van der Waals surface area (Å²) >= 11 is 0. The number of alkyl halides is 2. The van der Waals surface area contributed by atoms with Crippen molar-refractivity contribution in [3.8, 4) is 5.75 Å². The molecule has 112 valence electrons. The zero-order valence-corrected chi connectivity index (χ0v) is 11.7. The largest absolute Gasteiger partial charge is 0.490 e. The maximum Gasteiger partial charge on any atom is 0.341 e. The molecule has 1 aliphatic carbocycles. The van der Waals surface area contributed by atoms with Crippen LogP contribution in [0.25, 0.3) is 0 Å². The highest BCUT2D eigenvalue weighted by molar-refractivity contribution is 7.91. The quantitative estimate of drug-likeness (QED) is 0.927. The van der Waals surface area contributed by atoms with Crippen LogP contribution in [-0.4, -0.2) is 26.3 Å². The summed E-state index contributed by atoms with van der Waals surface area (Å²) in [6.45, 7) is 0. The summed E-state index contributed by atoms with van der Waals surface area (Å²) in [6, 6.07) is 5.19. The Morgan fingerprint density at radius 3 is 2.40 bits per heavy atom. The van der Waals surface area contributed by atoms with Crippen LogP contribution in [0, 0.1) is 0 Å². The predicted octanol–water partition coefficient (Wildman–Crippen LogP) is 2.33. The van der Waals surface area contributed by atoms with E-state index in [2.05, 4.69) is 0 Å². The lowest BCUT2D eigenvalue weighted by Gasteiger charge is -2.27. The van der Waals surface area contributed by atoms with Crippen molar-refractivity contribution in [3.05, 3.63) is 24.3 Å². The second-order valence-electron chi connectivity index (χ2n) is 4.94. The van der Waals surface area contributed by atoms with Gasteiger partial charge in [0, 0.05) is 6.04 Å². The van der Waals surface area contributed by atoms with Crippen molar-refractivity contribution >= 4 is 9.84 Å². The van der Waals surface area contributed by atoms with Crippen molar-refractivity contribution < 1.29 is 21.9 Å². The molecular weight excluding hydrogens is 288 g/mol. The minimum absolute atomic E-state index is 0.00342. The van der Waals surface area contributed by atoms with Gasteiger partial charge in [0.25, 0.3) is 0 Å². The highest BCUT2D eigenvalue weighted by Gasteiger charge is 2.26. The van der Waals surface area contributed by atoms with Gasteiger partial charge in [0.15, 0.2) is 0 Å². The lowest BCUT2D eigenvalue weighted by atomic mass is 9.93. The van der Waals surface area contributed by atoms with Crippen LogP contribution < -0.4 is 10.5 Å². The number of hydrogen-bond acceptors (Lipinski definition) is 4. The lowest BCUT2D eigenvalue weighted by molar-refractivity contribution is 0.144. The zero-order chi connectivity index (χ0) is 14.8. The van der Waals surface area contributed by atoms with E-state index in [-0.39, 0.29) is 12.1 Å². The Bertz CT molecular complexity index is 545. The van der Waals surface area contributed by atoms with E-state index < -0.39 is 20.5 Å². The molecule has 20 heavy (non-hydrogen) atoms. The van der Waals surface area contributed by atoms with Crippen LogP contribution in [-0.2, 0) is 9.84 Å². The summed E-state index contributed by atoms with van der Waals surface area (Å²) in [7, 11) is -4.54. The van der Waals surface area contributed by atoms with Gasteiger partial charge in [-0.3, -0.25) is 0 Å². The highest BCUT2D eigenvalue weighted by Crippen LogP contribution is 2.25. The van der Waals surface area contributed by atoms with E-state index in [9.17, 15) is 17.2 Å². The standard InChI is InChI=1S/C13H17F2NO3S/c14-13(15)20(17,18)12-6-4-10(5-7-12)19-11-3-1-2-9(16)8-11/h4-7,9,11,13H,1-3,8,16H2. The summed E-state index contributed by atoms with van der Waals surface area (Å²) < 4.78 is 53.0. The minimum atomic E-state index is -4.54. The molecule has 0 spiro atoms. The number of benzene rings is 1. The molecule has 2 unspecified atom stereocenters. The van der Waals surface area contributed by atoms with E-state index in [0.29, 0.717) is 5.75 Å². The molecule has 1 aromatic rings. The van der Waals surface area contributed by atoms with Gasteiger partial charge in [0.2, 0.25) is 9.84 Å². The van der Waals surface area contributed by atoms with E-state index in [4.69, 9.17) is 10.5 Å². The monoisotopic (exact) mass is 305 g/mol. The molecule has 2 atom stereocenters. The van der Waals surface area contributed by atoms with Crippen LogP contribution in [0.1, 0.15) is 25.7 Å². The van der Waals surface area contributed by atoms with Crippen LogP contribution in [0.3, 0.4) is 0 Å². The maximum atomic E-state index is 12.4. The molecule has 1 saturated carbocycles. The first-order valence-corrected chi connectivity index (χ1v) is 7.98. The molecule has 4 nitrogen and oxygen atoms in total. The van der Waals surface area contributed by atoms with Crippen molar-refractivity contribution in [1.29, 1.82) is 0 Å². The van der Waals surface area contributed by atoms with Gasteiger partial charge in [-0.05, 0) is 49.9 Å². The Labute approximate surface area is 116 Å². The summed E-state index contributed by atoms with van der Waals surface area (Å²) in [5.74, 6) is -2.94. The molecule has 0 aromatic heterocycles. The second kappa shape index (κ2) is 6.05. The van der Waals surface area contributed by atoms with Gasteiger partial charge >= 0.3 is 5.76 Å². The third-order valence-corrected chi connectivity index (χ3v) is 4.75. The fourth-order valence-electron chi connectivity index (χ4n) is 2.29. The van der Waals surface area contributed by atoms with E-state index >= 15 is 0 Å². The molecule has 2 rings (SSSR count). The van der Waals surface area contributed by atoms with Crippen molar-refractivity contribution in [3.63, 3.8) is 0 Å². The van der Waals surface area contributed by atoms with Gasteiger partial charge in [0.05, 0.1) is 4.90 Å². The third-order valence-electron chi connectivity index (χ3n) is 3.36. The second-order valence-corrected chi connectivity index (χ2v) is 6.86. The van der Waals surface area contributed by atoms with Gasteiger partial charge in [-0.1, -0.05) is 0 Å². The Kier molecular flexibility index (Phi) is 4.59. The van der Waals surface area contributed by atoms with E-state index in [1.807, 2.05) is 0 Å². The average Bonchev–Trinajstić information content (AvgIpc) is 2.39. The first-order chi connectivity index (χ1) is 9.39. The molecule has 1 fully saturated rings. The molecule has 0 radical (unpaired) electrons. The van der Waals surface area contributed by atoms with E-state index in [1.165, 1.54) is 12.1 Å². The fraction of sp³-hybridized carbons (Fsp3) is 0.538. The van der Waals surface area contributed by atoms with Gasteiger partial charge in [0.1, 0.15) is 11.9 Å². The number of ether oxygens (including phenoxy) is 1. The molecule has 0 heterocycles. The van der Waals surface area contributed by atoms with Crippen LogP contribution >= 0.6 is 0 Å². The maximum absolute atomic E-state index is 12.4. The first kappa shape index (κ1) is 15.2. The van der Waals surface area contributed by atoms with Crippen molar-refractivity contribution in [1.82, 2.24) is 0 Å². The molecule has 7 heteroatoms. The topological polar surface area (TPSA) is 69.4 Å². The molecule has 1 aromatic carbocycles. The Morgan fingerprint density at radius 1 is 1.20 bits per heavy atom. The number of halogens is 2. The van der Waals surface area contributed by atoms with Crippen LogP contribution in [0.15, 0.2) is 29.2 Å². The average molecular weight is 305 g/mol. The van der Waals surface area contributed by atoms with Crippen LogP contribution in [0.4, 0.5) is 8.78 Å². The molecule has 0 bridgehead atoms. The molecule has 1 aliphatic rings. The summed E-state index contributed by atoms with van der Waals surface area (Å²) in [4.78, 5) is -0.403. The molecular formula is C13H17F2NO3S. The predicted molar refractivity (Wildman–Crippen MR) is 70.5 cm³/mol. The molecule has 0 aliphatic heterocycles. The normalized spacial score (nSPS) is 23.8. The molecule has 2 N–H and O–H groups in total. The summed E-state index contributed by atoms with van der Waals surface area (Å²) in [6.07, 6.45) is 3.60. The van der Waals surface area contributed by atoms with Gasteiger partial charge in [-0.2, -0.15) is 8.78 Å². The first-order valence-electron chi connectivity index (χ1n) is 6.44. The number of hydrogen-bond donors (Lipinski definition) is 1. The Balaban J connectivity index is 2.05. The zero-order valence-electron chi connectivity index (χ0n) is 10.8. The van der Waals surface area contributed by atoms with Crippen molar-refractivity contribution in [2.24, 2.45) is 5.73 Å².